The summed E-state index contributed by atoms with van der Waals surface area (Å²) in [6, 6.07) is 19.4. The highest BCUT2D eigenvalue weighted by Gasteiger charge is 2.23. The number of hydrogen-bond donors (Lipinski definition) is 1. The second-order valence-corrected chi connectivity index (χ2v) is 7.26. The first kappa shape index (κ1) is 19.7. The van der Waals surface area contributed by atoms with Crippen LogP contribution in [0, 0.1) is 0 Å². The van der Waals surface area contributed by atoms with Gasteiger partial charge in [0, 0.05) is 17.3 Å². The predicted octanol–water partition coefficient (Wildman–Crippen LogP) is 3.09. The van der Waals surface area contributed by atoms with Gasteiger partial charge in [0.25, 0.3) is 5.91 Å². The Morgan fingerprint density at radius 3 is 2.63 bits per heavy atom. The Morgan fingerprint density at radius 1 is 1.03 bits per heavy atom. The summed E-state index contributed by atoms with van der Waals surface area (Å²) in [5, 5.41) is 9.19. The summed E-state index contributed by atoms with van der Waals surface area (Å²) < 4.78 is 3.76. The molecule has 8 heteroatoms. The first-order chi connectivity index (χ1) is 14.7. The molecule has 150 valence electrons. The Hall–Kier alpha value is -3.65. The van der Waals surface area contributed by atoms with E-state index in [2.05, 4.69) is 19.9 Å². The molecule has 0 unspecified atom stereocenters. The van der Waals surface area contributed by atoms with Gasteiger partial charge in [0.1, 0.15) is 6.54 Å². The third-order valence-electron chi connectivity index (χ3n) is 4.59. The van der Waals surface area contributed by atoms with E-state index in [1.54, 1.807) is 11.6 Å². The van der Waals surface area contributed by atoms with Crippen molar-refractivity contribution in [3.05, 3.63) is 83.5 Å². The van der Waals surface area contributed by atoms with Crippen molar-refractivity contribution in [3.8, 4) is 0 Å². The second kappa shape index (κ2) is 9.23. The summed E-state index contributed by atoms with van der Waals surface area (Å²) in [5.41, 5.74) is 2.68. The van der Waals surface area contributed by atoms with Crippen LogP contribution < -0.4 is 10.2 Å². The van der Waals surface area contributed by atoms with Crippen LogP contribution in [-0.2, 0) is 11.2 Å². The van der Waals surface area contributed by atoms with Crippen molar-refractivity contribution in [1.82, 2.24) is 19.9 Å². The smallest absolute Gasteiger partial charge is 0.280 e. The number of hydrogen-bond acceptors (Lipinski definition) is 6. The van der Waals surface area contributed by atoms with Crippen LogP contribution >= 0.6 is 11.5 Å². The number of rotatable bonds is 7. The third-order valence-corrected chi connectivity index (χ3v) is 5.10. The summed E-state index contributed by atoms with van der Waals surface area (Å²) in [7, 11) is 0. The van der Waals surface area contributed by atoms with Gasteiger partial charge in [0.15, 0.2) is 5.69 Å². The van der Waals surface area contributed by atoms with Crippen LogP contribution in [0.5, 0.6) is 0 Å². The first-order valence-corrected chi connectivity index (χ1v) is 10.3. The molecule has 0 aliphatic heterocycles. The van der Waals surface area contributed by atoms with Gasteiger partial charge in [0.2, 0.25) is 5.91 Å². The lowest BCUT2D eigenvalue weighted by Gasteiger charge is -2.21. The molecule has 30 heavy (non-hydrogen) atoms. The number of para-hydroxylation sites is 1. The van der Waals surface area contributed by atoms with E-state index in [9.17, 15) is 9.59 Å². The highest BCUT2D eigenvalue weighted by atomic mass is 32.1. The summed E-state index contributed by atoms with van der Waals surface area (Å²) in [4.78, 5) is 31.4. The number of pyridine rings is 1. The summed E-state index contributed by atoms with van der Waals surface area (Å²) in [6.07, 6.45) is 2.31. The van der Waals surface area contributed by atoms with Gasteiger partial charge in [-0.2, -0.15) is 0 Å². The Kier molecular flexibility index (Phi) is 6.05. The molecule has 4 aromatic rings. The molecule has 2 heterocycles. The topological polar surface area (TPSA) is 88.1 Å². The molecule has 0 spiro atoms. The second-order valence-electron chi connectivity index (χ2n) is 6.65. The normalized spacial score (nSPS) is 10.7. The molecule has 0 atom stereocenters. The minimum atomic E-state index is -0.390. The average molecular weight is 417 g/mol. The molecule has 0 saturated heterocycles. The molecule has 0 aliphatic rings. The van der Waals surface area contributed by atoms with Gasteiger partial charge in [-0.1, -0.05) is 53.0 Å². The van der Waals surface area contributed by atoms with E-state index in [0.717, 1.165) is 28.0 Å². The van der Waals surface area contributed by atoms with Crippen molar-refractivity contribution in [2.45, 2.75) is 6.42 Å². The molecule has 2 aromatic heterocycles. The van der Waals surface area contributed by atoms with Crippen molar-refractivity contribution in [2.24, 2.45) is 0 Å². The maximum absolute atomic E-state index is 13.0. The van der Waals surface area contributed by atoms with E-state index < -0.39 is 0 Å². The minimum absolute atomic E-state index is 0.134. The number of aromatic nitrogens is 3. The van der Waals surface area contributed by atoms with Gasteiger partial charge in [-0.15, -0.1) is 5.10 Å². The Labute approximate surface area is 177 Å². The standard InChI is InChI=1S/C22H19N5O2S/c28-21(23-11-10-16-6-2-1-3-7-16)14-27(22(29)20-15-30-26-25-20)18-12-17-8-4-5-9-19(17)24-13-18/h1-9,12-13,15H,10-11,14H2,(H,23,28). The number of nitrogens with zero attached hydrogens (tertiary/aromatic N) is 4. The maximum atomic E-state index is 13.0. The zero-order valence-corrected chi connectivity index (χ0v) is 16.9. The molecule has 2 amide bonds. The predicted molar refractivity (Wildman–Crippen MR) is 116 cm³/mol. The van der Waals surface area contributed by atoms with Gasteiger partial charge < -0.3 is 5.32 Å². The van der Waals surface area contributed by atoms with Gasteiger partial charge in [-0.3, -0.25) is 19.5 Å². The highest BCUT2D eigenvalue weighted by Crippen LogP contribution is 2.21. The average Bonchev–Trinajstić information content (AvgIpc) is 3.32. The van der Waals surface area contributed by atoms with Crippen molar-refractivity contribution < 1.29 is 9.59 Å². The fraction of sp³-hybridized carbons (Fsp3) is 0.136. The summed E-state index contributed by atoms with van der Waals surface area (Å²) in [6.45, 7) is 0.351. The van der Waals surface area contributed by atoms with E-state index in [1.165, 1.54) is 4.90 Å². The molecule has 0 fully saturated rings. The SMILES string of the molecule is O=C(CN(C(=O)c1csnn1)c1cnc2ccccc2c1)NCCc1ccccc1. The number of amides is 2. The monoisotopic (exact) mass is 417 g/mol. The largest absolute Gasteiger partial charge is 0.354 e. The van der Waals surface area contributed by atoms with Gasteiger partial charge in [-0.25, -0.2) is 0 Å². The van der Waals surface area contributed by atoms with E-state index >= 15 is 0 Å². The lowest BCUT2D eigenvalue weighted by atomic mass is 10.1. The molecule has 0 radical (unpaired) electrons. The fourth-order valence-corrected chi connectivity index (χ4v) is 3.50. The molecule has 1 N–H and O–H groups in total. The van der Waals surface area contributed by atoms with E-state index in [1.807, 2.05) is 60.7 Å². The maximum Gasteiger partial charge on any atom is 0.280 e. The van der Waals surface area contributed by atoms with Gasteiger partial charge >= 0.3 is 0 Å². The van der Waals surface area contributed by atoms with Crippen LogP contribution in [0.1, 0.15) is 16.1 Å². The summed E-state index contributed by atoms with van der Waals surface area (Å²) >= 11 is 1.09. The number of fused-ring (bicyclic) bond motifs is 1. The van der Waals surface area contributed by atoms with Crippen LogP contribution in [-0.4, -0.2) is 39.5 Å². The molecule has 0 saturated carbocycles. The van der Waals surface area contributed by atoms with Crippen LogP contribution in [0.15, 0.2) is 72.2 Å². The minimum Gasteiger partial charge on any atom is -0.354 e. The molecule has 2 aromatic carbocycles. The number of nitrogens with one attached hydrogen (secondary N) is 1. The van der Waals surface area contributed by atoms with Crippen molar-refractivity contribution in [2.75, 3.05) is 18.0 Å². The quantitative estimate of drug-likeness (QED) is 0.499. The van der Waals surface area contributed by atoms with Crippen LogP contribution in [0.4, 0.5) is 5.69 Å². The Balaban J connectivity index is 1.51. The van der Waals surface area contributed by atoms with Crippen molar-refractivity contribution in [3.63, 3.8) is 0 Å². The van der Waals surface area contributed by atoms with Crippen molar-refractivity contribution >= 4 is 39.9 Å². The lowest BCUT2D eigenvalue weighted by molar-refractivity contribution is -0.119. The number of carbonyl (C=O) groups is 2. The zero-order chi connectivity index (χ0) is 20.8. The first-order valence-electron chi connectivity index (χ1n) is 9.45. The molecule has 0 bridgehead atoms. The highest BCUT2D eigenvalue weighted by molar-refractivity contribution is 7.03. The zero-order valence-electron chi connectivity index (χ0n) is 16.1. The van der Waals surface area contributed by atoms with Crippen LogP contribution in [0.2, 0.25) is 0 Å². The van der Waals surface area contributed by atoms with E-state index in [-0.39, 0.29) is 24.1 Å². The lowest BCUT2D eigenvalue weighted by Crippen LogP contribution is -2.41. The van der Waals surface area contributed by atoms with Crippen LogP contribution in [0.3, 0.4) is 0 Å². The van der Waals surface area contributed by atoms with Crippen molar-refractivity contribution in [1.29, 1.82) is 0 Å². The van der Waals surface area contributed by atoms with Crippen LogP contribution in [0.25, 0.3) is 10.9 Å². The Morgan fingerprint density at radius 2 is 1.83 bits per heavy atom. The molecular formula is C22H19N5O2S. The molecule has 0 aliphatic carbocycles. The van der Waals surface area contributed by atoms with E-state index in [0.29, 0.717) is 18.7 Å². The molecular weight excluding hydrogens is 398 g/mol. The molecule has 4 rings (SSSR count). The number of anilines is 1. The number of carbonyl (C=O) groups excluding carboxylic acids is 2. The van der Waals surface area contributed by atoms with Gasteiger partial charge in [0.05, 0.1) is 17.4 Å². The van der Waals surface area contributed by atoms with Gasteiger partial charge in [-0.05, 0) is 35.6 Å². The van der Waals surface area contributed by atoms with E-state index in [4.69, 9.17) is 0 Å². The third kappa shape index (κ3) is 4.66. The Bertz CT molecular complexity index is 1150. The molecule has 7 nitrogen and oxygen atoms in total. The summed E-state index contributed by atoms with van der Waals surface area (Å²) in [5.74, 6) is -0.644. The number of benzene rings is 2. The fourth-order valence-electron chi connectivity index (χ4n) is 3.07.